The number of hydrogen-bond acceptors (Lipinski definition) is 5. The van der Waals surface area contributed by atoms with E-state index in [4.69, 9.17) is 4.74 Å². The van der Waals surface area contributed by atoms with Crippen molar-refractivity contribution in [2.45, 2.75) is 82.8 Å². The van der Waals surface area contributed by atoms with E-state index in [1.807, 2.05) is 44.2 Å². The van der Waals surface area contributed by atoms with Gasteiger partial charge >= 0.3 is 0 Å². The number of amides is 4. The lowest BCUT2D eigenvalue weighted by atomic mass is 9.94. The van der Waals surface area contributed by atoms with Gasteiger partial charge < -0.3 is 26.0 Å². The van der Waals surface area contributed by atoms with Crippen LogP contribution in [0.15, 0.2) is 54.6 Å². The lowest BCUT2D eigenvalue weighted by Crippen LogP contribution is -2.60. The second-order valence-corrected chi connectivity index (χ2v) is 11.4. The molecule has 0 radical (unpaired) electrons. The van der Waals surface area contributed by atoms with Crippen LogP contribution >= 0.6 is 0 Å². The maximum Gasteiger partial charge on any atom is 0.255 e. The number of carbonyl (C=O) groups is 4. The van der Waals surface area contributed by atoms with Crippen LogP contribution in [0.5, 0.6) is 5.75 Å². The lowest BCUT2D eigenvalue weighted by molar-refractivity contribution is -0.134. The minimum atomic E-state index is -0.985. The highest BCUT2D eigenvalue weighted by atomic mass is 16.5. The van der Waals surface area contributed by atoms with Crippen LogP contribution < -0.4 is 26.0 Å². The average Bonchev–Trinajstić information content (AvgIpc) is 3.45. The van der Waals surface area contributed by atoms with E-state index in [1.54, 1.807) is 24.3 Å². The summed E-state index contributed by atoms with van der Waals surface area (Å²) >= 11 is 0. The van der Waals surface area contributed by atoms with Crippen molar-refractivity contribution >= 4 is 23.6 Å². The van der Waals surface area contributed by atoms with Gasteiger partial charge in [-0.3, -0.25) is 19.2 Å². The van der Waals surface area contributed by atoms with E-state index in [0.29, 0.717) is 25.1 Å². The van der Waals surface area contributed by atoms with Gasteiger partial charge in [-0.15, -0.1) is 0 Å². The van der Waals surface area contributed by atoms with Gasteiger partial charge in [-0.2, -0.15) is 0 Å². The first kappa shape index (κ1) is 30.1. The molecule has 2 aromatic carbocycles. The Balaban J connectivity index is 1.53. The number of hydrogen-bond donors (Lipinski definition) is 4. The summed E-state index contributed by atoms with van der Waals surface area (Å²) in [6, 6.07) is 15.6. The Morgan fingerprint density at radius 1 is 1.00 bits per heavy atom. The van der Waals surface area contributed by atoms with Crippen LogP contribution in [-0.4, -0.2) is 54.4 Å². The summed E-state index contributed by atoms with van der Waals surface area (Å²) in [4.78, 5) is 53.3. The molecule has 0 unspecified atom stereocenters. The SMILES string of the molecule is CC(C)[C@@H]1COc2ccccc2C(=O)N[C@H](C(=O)NCCCc2ccccc2)CCC(=O)NC2(CCCC2)C(=O)N1. The molecule has 9 heteroatoms. The molecule has 9 nitrogen and oxygen atoms in total. The van der Waals surface area contributed by atoms with E-state index < -0.39 is 17.5 Å². The lowest BCUT2D eigenvalue weighted by Gasteiger charge is -2.32. The summed E-state index contributed by atoms with van der Waals surface area (Å²) < 4.78 is 6.08. The van der Waals surface area contributed by atoms with Crippen LogP contribution in [0, 0.1) is 5.92 Å². The van der Waals surface area contributed by atoms with E-state index in [2.05, 4.69) is 21.3 Å². The van der Waals surface area contributed by atoms with Crippen LogP contribution in [0.2, 0.25) is 0 Å². The van der Waals surface area contributed by atoms with Crippen molar-refractivity contribution in [3.63, 3.8) is 0 Å². The van der Waals surface area contributed by atoms with E-state index in [0.717, 1.165) is 25.7 Å². The molecule has 2 aliphatic rings. The summed E-state index contributed by atoms with van der Waals surface area (Å²) in [5.41, 5.74) is 0.484. The molecule has 1 heterocycles. The fourth-order valence-electron chi connectivity index (χ4n) is 5.44. The molecule has 0 saturated heterocycles. The molecule has 41 heavy (non-hydrogen) atoms. The number of para-hydroxylation sites is 1. The molecule has 0 aromatic heterocycles. The molecular formula is C32H42N4O5. The van der Waals surface area contributed by atoms with Crippen molar-refractivity contribution in [2.75, 3.05) is 13.2 Å². The van der Waals surface area contributed by atoms with Crippen LogP contribution in [0.25, 0.3) is 0 Å². The monoisotopic (exact) mass is 562 g/mol. The highest BCUT2D eigenvalue weighted by molar-refractivity contribution is 6.00. The second kappa shape index (κ2) is 14.1. The highest BCUT2D eigenvalue weighted by Crippen LogP contribution is 2.31. The van der Waals surface area contributed by atoms with Gasteiger partial charge in [0, 0.05) is 13.0 Å². The maximum atomic E-state index is 13.5. The fourth-order valence-corrected chi connectivity index (χ4v) is 5.44. The second-order valence-electron chi connectivity index (χ2n) is 11.4. The van der Waals surface area contributed by atoms with Crippen LogP contribution in [0.4, 0.5) is 0 Å². The topological polar surface area (TPSA) is 126 Å². The number of rotatable bonds is 6. The molecule has 0 bridgehead atoms. The molecule has 2 atom stereocenters. The Kier molecular flexibility index (Phi) is 10.4. The van der Waals surface area contributed by atoms with Crippen molar-refractivity contribution in [1.29, 1.82) is 0 Å². The molecule has 220 valence electrons. The number of fused-ring (bicyclic) bond motifs is 1. The Bertz CT molecular complexity index is 1210. The quantitative estimate of drug-likeness (QED) is 0.402. The van der Waals surface area contributed by atoms with Gasteiger partial charge in [0.05, 0.1) is 11.6 Å². The standard InChI is InChI=1S/C32H42N4O5/c1-22(2)26-21-41-27-15-7-6-14-24(27)29(38)34-25(30(39)33-20-10-13-23-11-4-3-5-12-23)16-17-28(37)36-32(31(40)35-26)18-8-9-19-32/h3-7,11-12,14-15,22,25-26H,8-10,13,16-21H2,1-2H3,(H,33,39)(H,34,38)(H,35,40)(H,36,37)/t25-,26-/m0/s1. The minimum absolute atomic E-state index is 0.0107. The average molecular weight is 563 g/mol. The minimum Gasteiger partial charge on any atom is -0.491 e. The largest absolute Gasteiger partial charge is 0.491 e. The summed E-state index contributed by atoms with van der Waals surface area (Å²) in [6.07, 6.45) is 4.43. The van der Waals surface area contributed by atoms with Gasteiger partial charge in [0.2, 0.25) is 17.7 Å². The Morgan fingerprint density at radius 3 is 2.44 bits per heavy atom. The number of ether oxygens (including phenoxy) is 1. The van der Waals surface area contributed by atoms with Crippen LogP contribution in [-0.2, 0) is 20.8 Å². The first-order valence-electron chi connectivity index (χ1n) is 14.7. The molecule has 1 spiro atoms. The molecule has 4 amide bonds. The highest BCUT2D eigenvalue weighted by Gasteiger charge is 2.43. The normalized spacial score (nSPS) is 21.5. The number of nitrogens with one attached hydrogen (secondary N) is 4. The zero-order valence-electron chi connectivity index (χ0n) is 24.0. The smallest absolute Gasteiger partial charge is 0.255 e. The Labute approximate surface area is 242 Å². The third-order valence-electron chi connectivity index (χ3n) is 8.01. The summed E-state index contributed by atoms with van der Waals surface area (Å²) in [5.74, 6) is -0.916. The van der Waals surface area contributed by atoms with E-state index in [9.17, 15) is 19.2 Å². The molecular weight excluding hydrogens is 520 g/mol. The van der Waals surface area contributed by atoms with E-state index in [-0.39, 0.29) is 54.7 Å². The van der Waals surface area contributed by atoms with Gasteiger partial charge in [-0.25, -0.2) is 0 Å². The van der Waals surface area contributed by atoms with E-state index >= 15 is 0 Å². The summed E-state index contributed by atoms with van der Waals surface area (Å²) in [5, 5.41) is 11.9. The zero-order valence-corrected chi connectivity index (χ0v) is 24.0. The van der Waals surface area contributed by atoms with Crippen molar-refractivity contribution in [3.8, 4) is 5.75 Å². The van der Waals surface area contributed by atoms with Crippen molar-refractivity contribution in [3.05, 3.63) is 65.7 Å². The number of aryl methyl sites for hydroxylation is 1. The molecule has 4 rings (SSSR count). The van der Waals surface area contributed by atoms with Gasteiger partial charge in [-0.1, -0.05) is 69.2 Å². The summed E-state index contributed by atoms with van der Waals surface area (Å²) in [6.45, 7) is 4.57. The van der Waals surface area contributed by atoms with Crippen molar-refractivity contribution < 1.29 is 23.9 Å². The van der Waals surface area contributed by atoms with Crippen molar-refractivity contribution in [2.24, 2.45) is 5.92 Å². The van der Waals surface area contributed by atoms with Crippen molar-refractivity contribution in [1.82, 2.24) is 21.3 Å². The predicted octanol–water partition coefficient (Wildman–Crippen LogP) is 3.28. The first-order valence-corrected chi connectivity index (χ1v) is 14.7. The third-order valence-corrected chi connectivity index (χ3v) is 8.01. The molecule has 1 fully saturated rings. The maximum absolute atomic E-state index is 13.5. The van der Waals surface area contributed by atoms with Crippen LogP contribution in [0.3, 0.4) is 0 Å². The molecule has 4 N–H and O–H groups in total. The van der Waals surface area contributed by atoms with Gasteiger partial charge in [0.15, 0.2) is 0 Å². The fraction of sp³-hybridized carbons (Fsp3) is 0.500. The molecule has 1 saturated carbocycles. The Hall–Kier alpha value is -3.88. The van der Waals surface area contributed by atoms with Gasteiger partial charge in [0.1, 0.15) is 23.9 Å². The van der Waals surface area contributed by atoms with Gasteiger partial charge in [-0.05, 0) is 55.7 Å². The predicted molar refractivity (Wildman–Crippen MR) is 156 cm³/mol. The molecule has 1 aliphatic carbocycles. The third kappa shape index (κ3) is 8.08. The summed E-state index contributed by atoms with van der Waals surface area (Å²) in [7, 11) is 0. The van der Waals surface area contributed by atoms with E-state index in [1.165, 1.54) is 5.56 Å². The molecule has 1 aliphatic heterocycles. The first-order chi connectivity index (χ1) is 19.8. The Morgan fingerprint density at radius 2 is 1.71 bits per heavy atom. The van der Waals surface area contributed by atoms with Gasteiger partial charge in [0.25, 0.3) is 5.91 Å². The molecule has 2 aromatic rings. The number of benzene rings is 2. The number of carbonyl (C=O) groups excluding carboxylic acids is 4. The zero-order chi connectivity index (χ0) is 29.2. The van der Waals surface area contributed by atoms with Crippen LogP contribution in [0.1, 0.15) is 74.7 Å².